The summed E-state index contributed by atoms with van der Waals surface area (Å²) in [5.74, 6) is -0.0435. The summed E-state index contributed by atoms with van der Waals surface area (Å²) in [5, 5.41) is 3.11. The van der Waals surface area contributed by atoms with Crippen molar-refractivity contribution in [2.45, 2.75) is 57.8 Å². The molecule has 0 unspecified atom stereocenters. The Kier molecular flexibility index (Phi) is 5.93. The van der Waals surface area contributed by atoms with E-state index in [-0.39, 0.29) is 12.4 Å². The molecule has 180 valence electrons. The van der Waals surface area contributed by atoms with E-state index in [0.717, 1.165) is 47.2 Å². The second-order valence-corrected chi connectivity index (χ2v) is 10.3. The molecule has 1 aliphatic carbocycles. The number of fused-ring (bicyclic) bond motifs is 1. The Labute approximate surface area is 205 Å². The number of hydrogen-bond acceptors (Lipinski definition) is 5. The zero-order valence-corrected chi connectivity index (χ0v) is 20.4. The topological polar surface area (TPSA) is 77.5 Å². The Morgan fingerprint density at radius 3 is 2.31 bits per heavy atom. The van der Waals surface area contributed by atoms with Crippen LogP contribution in [0.5, 0.6) is 0 Å². The molecule has 2 heterocycles. The first-order chi connectivity index (χ1) is 16.7. The average Bonchev–Trinajstić information content (AvgIpc) is 2.81. The predicted molar refractivity (Wildman–Crippen MR) is 134 cm³/mol. The molecule has 3 aromatic rings. The van der Waals surface area contributed by atoms with Gasteiger partial charge in [-0.3, -0.25) is 4.79 Å². The molecule has 6 heteroatoms. The molecule has 5 rings (SSSR count). The zero-order valence-electron chi connectivity index (χ0n) is 20.4. The number of carbonyl (C=O) groups is 2. The number of benzene rings is 2. The van der Waals surface area contributed by atoms with Crippen molar-refractivity contribution in [3.8, 4) is 22.4 Å². The van der Waals surface area contributed by atoms with Gasteiger partial charge in [0.1, 0.15) is 12.2 Å². The van der Waals surface area contributed by atoms with Crippen molar-refractivity contribution in [2.75, 3.05) is 6.61 Å². The fourth-order valence-electron chi connectivity index (χ4n) is 4.74. The SMILES string of the molecule is CC(C)(C)OC(=O)NC1(c2ccc(-c3nc4c(cc3-c3ccccc3)C(=O)COC4)cc2)CCC1. The number of Topliss-reactive ketones (excluding diaryl/α,β-unsaturated/α-hetero) is 1. The number of nitrogens with zero attached hydrogens (tertiary/aromatic N) is 1. The number of aromatic nitrogens is 1. The first-order valence-electron chi connectivity index (χ1n) is 12.1. The molecule has 1 aromatic heterocycles. The molecule has 0 atom stereocenters. The fourth-order valence-corrected chi connectivity index (χ4v) is 4.74. The summed E-state index contributed by atoms with van der Waals surface area (Å²) < 4.78 is 10.9. The third-order valence-corrected chi connectivity index (χ3v) is 6.62. The maximum absolute atomic E-state index is 12.5. The lowest BCUT2D eigenvalue weighted by Crippen LogP contribution is -2.52. The van der Waals surface area contributed by atoms with Crippen LogP contribution in [0, 0.1) is 0 Å². The molecule has 6 nitrogen and oxygen atoms in total. The minimum Gasteiger partial charge on any atom is -0.444 e. The van der Waals surface area contributed by atoms with Gasteiger partial charge in [-0.15, -0.1) is 0 Å². The summed E-state index contributed by atoms with van der Waals surface area (Å²) in [5.41, 5.74) is 5.06. The van der Waals surface area contributed by atoms with Gasteiger partial charge in [0.15, 0.2) is 5.78 Å². The highest BCUT2D eigenvalue weighted by Crippen LogP contribution is 2.42. The van der Waals surface area contributed by atoms with Gasteiger partial charge in [-0.25, -0.2) is 9.78 Å². The van der Waals surface area contributed by atoms with E-state index in [1.54, 1.807) is 0 Å². The summed E-state index contributed by atoms with van der Waals surface area (Å²) in [7, 11) is 0. The Morgan fingerprint density at radius 1 is 0.971 bits per heavy atom. The van der Waals surface area contributed by atoms with Crippen LogP contribution in [0.25, 0.3) is 22.4 Å². The zero-order chi connectivity index (χ0) is 24.6. The molecular formula is C29H30N2O4. The second kappa shape index (κ2) is 8.93. The second-order valence-electron chi connectivity index (χ2n) is 10.3. The van der Waals surface area contributed by atoms with Gasteiger partial charge in [0.2, 0.25) is 0 Å². The Morgan fingerprint density at radius 2 is 1.69 bits per heavy atom. The highest BCUT2D eigenvalue weighted by molar-refractivity contribution is 6.01. The number of carbonyl (C=O) groups excluding carboxylic acids is 2. The van der Waals surface area contributed by atoms with Gasteiger partial charge in [-0.1, -0.05) is 54.6 Å². The molecule has 2 aliphatic rings. The smallest absolute Gasteiger partial charge is 0.408 e. The van der Waals surface area contributed by atoms with E-state index in [1.807, 2.05) is 69.3 Å². The van der Waals surface area contributed by atoms with Crippen LogP contribution in [-0.4, -0.2) is 29.1 Å². The lowest BCUT2D eigenvalue weighted by molar-refractivity contribution is 0.0377. The van der Waals surface area contributed by atoms with E-state index >= 15 is 0 Å². The largest absolute Gasteiger partial charge is 0.444 e. The highest BCUT2D eigenvalue weighted by Gasteiger charge is 2.41. The summed E-state index contributed by atoms with van der Waals surface area (Å²) in [6.07, 6.45) is 2.40. The summed E-state index contributed by atoms with van der Waals surface area (Å²) in [4.78, 5) is 29.9. The predicted octanol–water partition coefficient (Wildman–Crippen LogP) is 6.03. The maximum atomic E-state index is 12.5. The molecule has 1 N–H and O–H groups in total. The van der Waals surface area contributed by atoms with Crippen LogP contribution < -0.4 is 5.32 Å². The van der Waals surface area contributed by atoms with E-state index in [2.05, 4.69) is 17.4 Å². The van der Waals surface area contributed by atoms with Crippen LogP contribution in [0.2, 0.25) is 0 Å². The van der Waals surface area contributed by atoms with Crippen LogP contribution in [0.1, 0.15) is 61.6 Å². The van der Waals surface area contributed by atoms with E-state index < -0.39 is 17.2 Å². The molecular weight excluding hydrogens is 440 g/mol. The number of pyridine rings is 1. The molecule has 1 amide bonds. The Bertz CT molecular complexity index is 1260. The first kappa shape index (κ1) is 23.2. The number of ether oxygens (including phenoxy) is 2. The van der Waals surface area contributed by atoms with E-state index in [1.165, 1.54) is 0 Å². The lowest BCUT2D eigenvalue weighted by Gasteiger charge is -2.43. The van der Waals surface area contributed by atoms with E-state index in [0.29, 0.717) is 17.9 Å². The molecule has 0 bridgehead atoms. The van der Waals surface area contributed by atoms with Crippen molar-refractivity contribution in [1.29, 1.82) is 0 Å². The molecule has 0 radical (unpaired) electrons. The first-order valence-corrected chi connectivity index (χ1v) is 12.1. The lowest BCUT2D eigenvalue weighted by atomic mass is 9.71. The number of hydrogen-bond donors (Lipinski definition) is 1. The summed E-state index contributed by atoms with van der Waals surface area (Å²) in [6.45, 7) is 6.00. The van der Waals surface area contributed by atoms with Crippen LogP contribution >= 0.6 is 0 Å². The Balaban J connectivity index is 1.50. The van der Waals surface area contributed by atoms with Crippen molar-refractivity contribution in [3.05, 3.63) is 77.5 Å². The average molecular weight is 471 g/mol. The van der Waals surface area contributed by atoms with Crippen LogP contribution in [0.15, 0.2) is 60.7 Å². The summed E-state index contributed by atoms with van der Waals surface area (Å²) in [6, 6.07) is 20.1. The van der Waals surface area contributed by atoms with Gasteiger partial charge in [0.05, 0.1) is 23.5 Å². The quantitative estimate of drug-likeness (QED) is 0.504. The molecule has 1 aliphatic heterocycles. The Hall–Kier alpha value is -3.51. The van der Waals surface area contributed by atoms with Gasteiger partial charge in [-0.05, 0) is 57.2 Å². The molecule has 0 spiro atoms. The van der Waals surface area contributed by atoms with E-state index in [9.17, 15) is 9.59 Å². The summed E-state index contributed by atoms with van der Waals surface area (Å²) >= 11 is 0. The molecule has 1 fully saturated rings. The standard InChI is InChI=1S/C29H30N2O4/c1-28(2,3)35-27(33)31-29(14-7-15-29)21-12-10-20(11-13-21)26-22(19-8-5-4-6-9-19)16-23-24(30-26)17-34-18-25(23)32/h4-6,8-13,16H,7,14-15,17-18H2,1-3H3,(H,31,33). The minimum absolute atomic E-state index is 0.0435. The number of alkyl carbamates (subject to hydrolysis) is 1. The van der Waals surface area contributed by atoms with Crippen molar-refractivity contribution in [1.82, 2.24) is 10.3 Å². The van der Waals surface area contributed by atoms with Gasteiger partial charge in [0.25, 0.3) is 0 Å². The third kappa shape index (κ3) is 4.71. The highest BCUT2D eigenvalue weighted by atomic mass is 16.6. The fraction of sp³-hybridized carbons (Fsp3) is 0.345. The minimum atomic E-state index is -0.546. The molecule has 0 saturated heterocycles. The van der Waals surface area contributed by atoms with Crippen LogP contribution in [0.3, 0.4) is 0 Å². The van der Waals surface area contributed by atoms with Gasteiger partial charge >= 0.3 is 6.09 Å². The van der Waals surface area contributed by atoms with Crippen molar-refractivity contribution in [3.63, 3.8) is 0 Å². The van der Waals surface area contributed by atoms with Gasteiger partial charge < -0.3 is 14.8 Å². The van der Waals surface area contributed by atoms with Crippen molar-refractivity contribution >= 4 is 11.9 Å². The molecule has 2 aromatic carbocycles. The van der Waals surface area contributed by atoms with Gasteiger partial charge in [0, 0.05) is 16.7 Å². The van der Waals surface area contributed by atoms with Crippen molar-refractivity contribution < 1.29 is 19.1 Å². The maximum Gasteiger partial charge on any atom is 0.408 e. The number of amides is 1. The van der Waals surface area contributed by atoms with E-state index in [4.69, 9.17) is 14.5 Å². The van der Waals surface area contributed by atoms with Gasteiger partial charge in [-0.2, -0.15) is 0 Å². The third-order valence-electron chi connectivity index (χ3n) is 6.62. The van der Waals surface area contributed by atoms with Crippen LogP contribution in [-0.2, 0) is 21.6 Å². The molecule has 35 heavy (non-hydrogen) atoms. The van der Waals surface area contributed by atoms with Crippen LogP contribution in [0.4, 0.5) is 4.79 Å². The van der Waals surface area contributed by atoms with Crippen molar-refractivity contribution in [2.24, 2.45) is 0 Å². The monoisotopic (exact) mass is 470 g/mol. The normalized spacial score (nSPS) is 16.7. The number of ketones is 1. The number of rotatable bonds is 4. The number of nitrogens with one attached hydrogen (secondary N) is 1. The molecule has 1 saturated carbocycles.